The zero-order chi connectivity index (χ0) is 17.3. The first-order valence-electron chi connectivity index (χ1n) is 8.68. The van der Waals surface area contributed by atoms with Crippen molar-refractivity contribution in [1.29, 1.82) is 0 Å². The van der Waals surface area contributed by atoms with Crippen molar-refractivity contribution in [3.8, 4) is 0 Å². The van der Waals surface area contributed by atoms with Crippen molar-refractivity contribution < 1.29 is 14.3 Å². The Kier molecular flexibility index (Phi) is 4.51. The molecular weight excluding hydrogens is 308 g/mol. The molecule has 7 heteroatoms. The van der Waals surface area contributed by atoms with Gasteiger partial charge in [-0.25, -0.2) is 4.79 Å². The lowest BCUT2D eigenvalue weighted by Gasteiger charge is -2.30. The zero-order valence-corrected chi connectivity index (χ0v) is 14.7. The normalized spacial score (nSPS) is 18.3. The summed E-state index contributed by atoms with van der Waals surface area (Å²) in [6.45, 7) is 8.07. The molecule has 0 saturated carbocycles. The molecule has 1 fully saturated rings. The third kappa shape index (κ3) is 3.55. The minimum absolute atomic E-state index is 0.0294. The Morgan fingerprint density at radius 3 is 2.46 bits per heavy atom. The highest BCUT2D eigenvalue weighted by Crippen LogP contribution is 2.24. The minimum atomic E-state index is -0.528. The summed E-state index contributed by atoms with van der Waals surface area (Å²) in [6, 6.07) is 0. The molecule has 2 amide bonds. The Hall–Kier alpha value is -2.05. The monoisotopic (exact) mass is 334 g/mol. The van der Waals surface area contributed by atoms with E-state index in [9.17, 15) is 9.59 Å². The van der Waals surface area contributed by atoms with Crippen molar-refractivity contribution in [2.24, 2.45) is 0 Å². The number of ether oxygens (including phenoxy) is 1. The van der Waals surface area contributed by atoms with Crippen LogP contribution in [-0.4, -0.2) is 57.2 Å². The molecule has 3 heterocycles. The lowest BCUT2D eigenvalue weighted by molar-refractivity contribution is 0.0222. The minimum Gasteiger partial charge on any atom is -0.444 e. The second-order valence-electron chi connectivity index (χ2n) is 7.53. The number of carbonyl (C=O) groups is 2. The van der Waals surface area contributed by atoms with Gasteiger partial charge in [-0.1, -0.05) is 0 Å². The molecule has 0 radical (unpaired) electrons. The van der Waals surface area contributed by atoms with Gasteiger partial charge in [-0.05, 0) is 40.0 Å². The standard InChI is InChI=1S/C17H26N4O3/c1-17(2,3)24-16(23)21-10-7-13-12(11-21)14(19-18-13)15(22)20-8-5-4-6-9-20/h4-11H2,1-3H3,(H,18,19). The van der Waals surface area contributed by atoms with Gasteiger partial charge >= 0.3 is 6.09 Å². The van der Waals surface area contributed by atoms with Crippen molar-refractivity contribution in [3.63, 3.8) is 0 Å². The quantitative estimate of drug-likeness (QED) is 0.855. The van der Waals surface area contributed by atoms with Crippen LogP contribution in [0.5, 0.6) is 0 Å². The van der Waals surface area contributed by atoms with Gasteiger partial charge in [-0.2, -0.15) is 5.10 Å². The molecule has 3 rings (SSSR count). The van der Waals surface area contributed by atoms with Crippen molar-refractivity contribution in [2.75, 3.05) is 19.6 Å². The number of amides is 2. The van der Waals surface area contributed by atoms with Gasteiger partial charge in [-0.3, -0.25) is 9.89 Å². The summed E-state index contributed by atoms with van der Waals surface area (Å²) in [5.74, 6) is -0.0294. The number of rotatable bonds is 1. The number of H-pyrrole nitrogens is 1. The second-order valence-corrected chi connectivity index (χ2v) is 7.53. The Bertz CT molecular complexity index is 626. The van der Waals surface area contributed by atoms with E-state index in [2.05, 4.69) is 10.2 Å². The van der Waals surface area contributed by atoms with E-state index in [0.29, 0.717) is 25.2 Å². The Morgan fingerprint density at radius 1 is 1.08 bits per heavy atom. The second kappa shape index (κ2) is 6.45. The molecule has 1 saturated heterocycles. The fraction of sp³-hybridized carbons (Fsp3) is 0.706. The highest BCUT2D eigenvalue weighted by Gasteiger charge is 2.32. The number of aromatic nitrogens is 2. The number of likely N-dealkylation sites (tertiary alicyclic amines) is 1. The molecular formula is C17H26N4O3. The lowest BCUT2D eigenvalue weighted by atomic mass is 10.0. The summed E-state index contributed by atoms with van der Waals surface area (Å²) in [5, 5.41) is 7.22. The number of hydrogen-bond acceptors (Lipinski definition) is 4. The van der Waals surface area contributed by atoms with Crippen LogP contribution in [0.4, 0.5) is 4.79 Å². The number of piperidine rings is 1. The molecule has 2 aliphatic heterocycles. The van der Waals surface area contributed by atoms with Crippen LogP contribution in [-0.2, 0) is 17.7 Å². The van der Waals surface area contributed by atoms with Gasteiger partial charge < -0.3 is 14.5 Å². The van der Waals surface area contributed by atoms with Gasteiger partial charge in [-0.15, -0.1) is 0 Å². The predicted octanol–water partition coefficient (Wildman–Crippen LogP) is 2.33. The lowest BCUT2D eigenvalue weighted by Crippen LogP contribution is -2.41. The van der Waals surface area contributed by atoms with Crippen LogP contribution in [0.1, 0.15) is 61.8 Å². The van der Waals surface area contributed by atoms with Gasteiger partial charge in [0.1, 0.15) is 5.60 Å². The van der Waals surface area contributed by atoms with Gasteiger partial charge in [0.25, 0.3) is 5.91 Å². The maximum atomic E-state index is 12.7. The number of aromatic amines is 1. The van der Waals surface area contributed by atoms with Crippen LogP contribution in [0, 0.1) is 0 Å². The maximum Gasteiger partial charge on any atom is 0.410 e. The number of fused-ring (bicyclic) bond motifs is 1. The van der Waals surface area contributed by atoms with E-state index in [1.54, 1.807) is 4.90 Å². The van der Waals surface area contributed by atoms with E-state index in [4.69, 9.17) is 4.74 Å². The molecule has 24 heavy (non-hydrogen) atoms. The number of nitrogens with zero attached hydrogens (tertiary/aromatic N) is 3. The summed E-state index contributed by atoms with van der Waals surface area (Å²) in [5.41, 5.74) is 1.72. The van der Waals surface area contributed by atoms with Crippen molar-refractivity contribution >= 4 is 12.0 Å². The van der Waals surface area contributed by atoms with Crippen LogP contribution in [0.15, 0.2) is 0 Å². The highest BCUT2D eigenvalue weighted by atomic mass is 16.6. The van der Waals surface area contributed by atoms with Crippen LogP contribution >= 0.6 is 0 Å². The van der Waals surface area contributed by atoms with Crippen LogP contribution in [0.2, 0.25) is 0 Å². The molecule has 1 aromatic heterocycles. The summed E-state index contributed by atoms with van der Waals surface area (Å²) < 4.78 is 5.45. The van der Waals surface area contributed by atoms with E-state index < -0.39 is 5.60 Å². The Morgan fingerprint density at radius 2 is 1.79 bits per heavy atom. The Balaban J connectivity index is 1.74. The average molecular weight is 334 g/mol. The Labute approximate surface area is 142 Å². The highest BCUT2D eigenvalue weighted by molar-refractivity contribution is 5.94. The van der Waals surface area contributed by atoms with Gasteiger partial charge in [0.2, 0.25) is 0 Å². The van der Waals surface area contributed by atoms with Crippen LogP contribution < -0.4 is 0 Å². The summed E-state index contributed by atoms with van der Waals surface area (Å²) in [4.78, 5) is 28.6. The molecule has 0 atom stereocenters. The van der Waals surface area contributed by atoms with Crippen LogP contribution in [0.3, 0.4) is 0 Å². The summed E-state index contributed by atoms with van der Waals surface area (Å²) >= 11 is 0. The van der Waals surface area contributed by atoms with Crippen LogP contribution in [0.25, 0.3) is 0 Å². The zero-order valence-electron chi connectivity index (χ0n) is 14.7. The largest absolute Gasteiger partial charge is 0.444 e. The fourth-order valence-corrected chi connectivity index (χ4v) is 3.20. The molecule has 0 bridgehead atoms. The molecule has 0 aliphatic carbocycles. The SMILES string of the molecule is CC(C)(C)OC(=O)N1CCc2[nH]nc(C(=O)N3CCCCC3)c2C1. The topological polar surface area (TPSA) is 78.5 Å². The molecule has 7 nitrogen and oxygen atoms in total. The van der Waals surface area contributed by atoms with E-state index in [-0.39, 0.29) is 12.0 Å². The van der Waals surface area contributed by atoms with Gasteiger partial charge in [0.05, 0.1) is 6.54 Å². The van der Waals surface area contributed by atoms with E-state index in [0.717, 1.165) is 37.2 Å². The third-order valence-electron chi connectivity index (χ3n) is 4.43. The first-order valence-corrected chi connectivity index (χ1v) is 8.68. The molecule has 132 valence electrons. The van der Waals surface area contributed by atoms with Crippen molar-refractivity contribution in [1.82, 2.24) is 20.0 Å². The molecule has 0 unspecified atom stereocenters. The molecule has 0 spiro atoms. The summed E-state index contributed by atoms with van der Waals surface area (Å²) in [6.07, 6.45) is 3.58. The molecule has 1 aromatic rings. The van der Waals surface area contributed by atoms with Crippen molar-refractivity contribution in [3.05, 3.63) is 17.0 Å². The van der Waals surface area contributed by atoms with E-state index in [1.807, 2.05) is 25.7 Å². The first-order chi connectivity index (χ1) is 11.3. The van der Waals surface area contributed by atoms with E-state index >= 15 is 0 Å². The first kappa shape index (κ1) is 16.8. The maximum absolute atomic E-state index is 12.7. The molecule has 2 aliphatic rings. The number of carbonyl (C=O) groups excluding carboxylic acids is 2. The molecule has 1 N–H and O–H groups in total. The average Bonchev–Trinajstić information content (AvgIpc) is 2.96. The number of nitrogens with one attached hydrogen (secondary N) is 1. The van der Waals surface area contributed by atoms with E-state index in [1.165, 1.54) is 6.42 Å². The predicted molar refractivity (Wildman–Crippen MR) is 88.7 cm³/mol. The smallest absolute Gasteiger partial charge is 0.410 e. The van der Waals surface area contributed by atoms with Crippen molar-refractivity contribution in [2.45, 2.75) is 58.6 Å². The van der Waals surface area contributed by atoms with Gasteiger partial charge in [0.15, 0.2) is 5.69 Å². The fourth-order valence-electron chi connectivity index (χ4n) is 3.20. The number of hydrogen-bond donors (Lipinski definition) is 1. The van der Waals surface area contributed by atoms with Gasteiger partial charge in [0, 0.05) is 37.3 Å². The molecule has 0 aromatic carbocycles. The third-order valence-corrected chi connectivity index (χ3v) is 4.43. The summed E-state index contributed by atoms with van der Waals surface area (Å²) in [7, 11) is 0.